The van der Waals surface area contributed by atoms with Gasteiger partial charge in [0, 0.05) is 4.88 Å². The summed E-state index contributed by atoms with van der Waals surface area (Å²) in [5, 5.41) is 4.67. The maximum atomic E-state index is 4.46. The fourth-order valence-corrected chi connectivity index (χ4v) is 2.92. The Bertz CT molecular complexity index is 259. The third-order valence-electron chi connectivity index (χ3n) is 2.11. The Labute approximate surface area is 84.5 Å². The van der Waals surface area contributed by atoms with E-state index in [-0.39, 0.29) is 0 Å². The third-order valence-corrected chi connectivity index (χ3v) is 4.23. The fraction of sp³-hybridized carbons (Fsp3) is 0.625. The Balaban J connectivity index is 2.21. The lowest BCUT2D eigenvalue weighted by molar-refractivity contribution is 0.642. The van der Waals surface area contributed by atoms with E-state index in [1.807, 2.05) is 0 Å². The van der Waals surface area contributed by atoms with Crippen molar-refractivity contribution >= 4 is 27.3 Å². The number of thiazole rings is 1. The maximum absolute atomic E-state index is 4.46. The van der Waals surface area contributed by atoms with Crippen LogP contribution in [0.2, 0.25) is 0 Å². The molecule has 1 N–H and O–H groups in total. The molecule has 0 radical (unpaired) electrons. The molecule has 0 spiro atoms. The summed E-state index contributed by atoms with van der Waals surface area (Å²) in [7, 11) is 0. The van der Waals surface area contributed by atoms with Gasteiger partial charge in [-0.05, 0) is 42.2 Å². The van der Waals surface area contributed by atoms with Crippen LogP contribution in [0, 0.1) is 6.92 Å². The van der Waals surface area contributed by atoms with Crippen LogP contribution in [-0.2, 0) is 0 Å². The number of halogens is 1. The largest absolute Gasteiger partial charge is 0.308 e. The van der Waals surface area contributed by atoms with Gasteiger partial charge < -0.3 is 5.32 Å². The highest BCUT2D eigenvalue weighted by molar-refractivity contribution is 9.10. The molecule has 1 atom stereocenters. The van der Waals surface area contributed by atoms with Gasteiger partial charge in [-0.2, -0.15) is 0 Å². The highest BCUT2D eigenvalue weighted by atomic mass is 79.9. The first-order valence-electron chi connectivity index (χ1n) is 4.13. The molecule has 2 rings (SSSR count). The molecule has 0 bridgehead atoms. The van der Waals surface area contributed by atoms with E-state index in [9.17, 15) is 0 Å². The molecular formula is C8H11BrN2S. The Morgan fingerprint density at radius 1 is 1.67 bits per heavy atom. The quantitative estimate of drug-likeness (QED) is 0.825. The van der Waals surface area contributed by atoms with Crippen molar-refractivity contribution in [2.75, 3.05) is 6.54 Å². The molecule has 1 aliphatic rings. The van der Waals surface area contributed by atoms with Gasteiger partial charge in [0.1, 0.15) is 9.61 Å². The van der Waals surface area contributed by atoms with Crippen LogP contribution in [0.4, 0.5) is 0 Å². The summed E-state index contributed by atoms with van der Waals surface area (Å²) >= 11 is 5.23. The molecule has 1 fully saturated rings. The van der Waals surface area contributed by atoms with Gasteiger partial charge in [-0.3, -0.25) is 0 Å². The van der Waals surface area contributed by atoms with Crippen molar-refractivity contribution in [2.45, 2.75) is 25.8 Å². The van der Waals surface area contributed by atoms with Crippen molar-refractivity contribution in [1.29, 1.82) is 0 Å². The van der Waals surface area contributed by atoms with Crippen LogP contribution in [0.15, 0.2) is 4.60 Å². The maximum Gasteiger partial charge on any atom is 0.120 e. The van der Waals surface area contributed by atoms with Gasteiger partial charge in [0.2, 0.25) is 0 Å². The van der Waals surface area contributed by atoms with E-state index in [1.165, 1.54) is 22.7 Å². The summed E-state index contributed by atoms with van der Waals surface area (Å²) < 4.78 is 1.01. The monoisotopic (exact) mass is 246 g/mol. The second-order valence-corrected chi connectivity index (χ2v) is 5.03. The molecule has 4 heteroatoms. The van der Waals surface area contributed by atoms with Gasteiger partial charge in [-0.1, -0.05) is 0 Å². The minimum atomic E-state index is 0.514. The smallest absolute Gasteiger partial charge is 0.120 e. The number of hydrogen-bond acceptors (Lipinski definition) is 3. The number of aromatic nitrogens is 1. The summed E-state index contributed by atoms with van der Waals surface area (Å²) in [5.41, 5.74) is 0. The second kappa shape index (κ2) is 3.44. The molecule has 2 nitrogen and oxygen atoms in total. The average Bonchev–Trinajstić information content (AvgIpc) is 2.61. The van der Waals surface area contributed by atoms with Crippen LogP contribution in [0.5, 0.6) is 0 Å². The molecule has 2 heterocycles. The van der Waals surface area contributed by atoms with E-state index in [0.717, 1.165) is 11.1 Å². The highest BCUT2D eigenvalue weighted by Crippen LogP contribution is 2.30. The van der Waals surface area contributed by atoms with Crippen molar-refractivity contribution in [3.05, 3.63) is 14.5 Å². The van der Waals surface area contributed by atoms with Crippen LogP contribution in [0.3, 0.4) is 0 Å². The summed E-state index contributed by atoms with van der Waals surface area (Å²) in [4.78, 5) is 5.74. The summed E-state index contributed by atoms with van der Waals surface area (Å²) in [5.74, 6) is 0. The Morgan fingerprint density at radius 3 is 3.00 bits per heavy atom. The molecule has 66 valence electrons. The highest BCUT2D eigenvalue weighted by Gasteiger charge is 2.19. The molecule has 0 saturated carbocycles. The van der Waals surface area contributed by atoms with Gasteiger partial charge in [0.15, 0.2) is 0 Å². The van der Waals surface area contributed by atoms with Crippen molar-refractivity contribution < 1.29 is 0 Å². The summed E-state index contributed by atoms with van der Waals surface area (Å²) in [6.07, 6.45) is 2.51. The van der Waals surface area contributed by atoms with E-state index >= 15 is 0 Å². The molecule has 1 aromatic rings. The molecule has 1 unspecified atom stereocenters. The zero-order chi connectivity index (χ0) is 8.55. The molecule has 1 saturated heterocycles. The lowest BCUT2D eigenvalue weighted by Crippen LogP contribution is -2.12. The van der Waals surface area contributed by atoms with Gasteiger partial charge in [0.05, 0.1) is 6.04 Å². The van der Waals surface area contributed by atoms with Crippen LogP contribution in [0.1, 0.15) is 28.8 Å². The van der Waals surface area contributed by atoms with Gasteiger partial charge in [0.25, 0.3) is 0 Å². The van der Waals surface area contributed by atoms with Crippen molar-refractivity contribution in [2.24, 2.45) is 0 Å². The predicted molar refractivity (Wildman–Crippen MR) is 54.5 cm³/mol. The van der Waals surface area contributed by atoms with Crippen LogP contribution < -0.4 is 5.32 Å². The fourth-order valence-electron chi connectivity index (χ4n) is 1.44. The minimum Gasteiger partial charge on any atom is -0.308 e. The van der Waals surface area contributed by atoms with Crippen LogP contribution in [0.25, 0.3) is 0 Å². The molecule has 0 aromatic carbocycles. The van der Waals surface area contributed by atoms with E-state index in [4.69, 9.17) is 0 Å². The van der Waals surface area contributed by atoms with Crippen LogP contribution in [-0.4, -0.2) is 11.5 Å². The first kappa shape index (κ1) is 8.66. The van der Waals surface area contributed by atoms with Crippen molar-refractivity contribution in [3.63, 3.8) is 0 Å². The normalized spacial score (nSPS) is 23.3. The van der Waals surface area contributed by atoms with Crippen molar-refractivity contribution in [3.8, 4) is 0 Å². The standard InChI is InChI=1S/C8H11BrN2S/c1-5-7(9)11-8(12-5)6-3-2-4-10-6/h6,10H,2-4H2,1H3. The topological polar surface area (TPSA) is 24.9 Å². The molecule has 1 aliphatic heterocycles. The number of nitrogens with one attached hydrogen (secondary N) is 1. The average molecular weight is 247 g/mol. The van der Waals surface area contributed by atoms with Gasteiger partial charge in [-0.15, -0.1) is 11.3 Å². The predicted octanol–water partition coefficient (Wildman–Crippen LogP) is 2.64. The zero-order valence-corrected chi connectivity index (χ0v) is 9.33. The lowest BCUT2D eigenvalue weighted by Gasteiger charge is -2.03. The Morgan fingerprint density at radius 2 is 2.50 bits per heavy atom. The van der Waals surface area contributed by atoms with Crippen molar-refractivity contribution in [1.82, 2.24) is 10.3 Å². The Hall–Kier alpha value is 0.0700. The van der Waals surface area contributed by atoms with Gasteiger partial charge in [-0.25, -0.2) is 4.98 Å². The Kier molecular flexibility index (Phi) is 2.48. The number of hydrogen-bond donors (Lipinski definition) is 1. The first-order chi connectivity index (χ1) is 5.77. The molecule has 0 aliphatic carbocycles. The second-order valence-electron chi connectivity index (χ2n) is 3.05. The summed E-state index contributed by atoms with van der Waals surface area (Å²) in [6, 6.07) is 0.514. The van der Waals surface area contributed by atoms with E-state index < -0.39 is 0 Å². The van der Waals surface area contributed by atoms with E-state index in [2.05, 4.69) is 33.2 Å². The third kappa shape index (κ3) is 1.56. The van der Waals surface area contributed by atoms with E-state index in [1.54, 1.807) is 11.3 Å². The summed E-state index contributed by atoms with van der Waals surface area (Å²) in [6.45, 7) is 3.24. The molecular weight excluding hydrogens is 236 g/mol. The minimum absolute atomic E-state index is 0.514. The number of rotatable bonds is 1. The SMILES string of the molecule is Cc1sc(C2CCCN2)nc1Br. The van der Waals surface area contributed by atoms with Crippen LogP contribution >= 0.6 is 27.3 Å². The van der Waals surface area contributed by atoms with E-state index in [0.29, 0.717) is 6.04 Å². The number of aryl methyl sites for hydroxylation is 1. The molecule has 12 heavy (non-hydrogen) atoms. The molecule has 0 amide bonds. The lowest BCUT2D eigenvalue weighted by atomic mass is 10.2. The van der Waals surface area contributed by atoms with Gasteiger partial charge >= 0.3 is 0 Å². The zero-order valence-electron chi connectivity index (χ0n) is 6.93. The molecule has 1 aromatic heterocycles. The number of nitrogens with zero attached hydrogens (tertiary/aromatic N) is 1. The first-order valence-corrected chi connectivity index (χ1v) is 5.74.